The minimum atomic E-state index is -1.09. The number of carboxylic acid groups (broad SMARTS) is 1. The van der Waals surface area contributed by atoms with E-state index in [2.05, 4.69) is 4.98 Å². The molecule has 1 aromatic heterocycles. The van der Waals surface area contributed by atoms with Gasteiger partial charge in [0.15, 0.2) is 5.69 Å². The number of carbonyl (C=O) groups is 1. The van der Waals surface area contributed by atoms with Gasteiger partial charge in [-0.1, -0.05) is 12.1 Å². The number of hydrogen-bond donors (Lipinski definition) is 2. The molecule has 2 aromatic rings. The number of benzene rings is 1. The van der Waals surface area contributed by atoms with E-state index in [0.29, 0.717) is 5.69 Å². The number of carboxylic acids is 1. The summed E-state index contributed by atoms with van der Waals surface area (Å²) in [6, 6.07) is 6.47. The first-order chi connectivity index (χ1) is 7.20. The van der Waals surface area contributed by atoms with Crippen LogP contribution in [0, 0.1) is 0 Å². The Hall–Kier alpha value is -2.30. The van der Waals surface area contributed by atoms with E-state index in [0.717, 1.165) is 0 Å². The maximum absolute atomic E-state index is 10.8. The Bertz CT molecular complexity index is 505. The highest BCUT2D eigenvalue weighted by atomic mass is 16.4. The average molecular weight is 204 g/mol. The van der Waals surface area contributed by atoms with Crippen molar-refractivity contribution < 1.29 is 15.0 Å². The molecule has 0 bridgehead atoms. The van der Waals surface area contributed by atoms with E-state index < -0.39 is 5.97 Å². The van der Waals surface area contributed by atoms with Crippen molar-refractivity contribution in [2.24, 2.45) is 0 Å². The van der Waals surface area contributed by atoms with Crippen LogP contribution in [0.2, 0.25) is 0 Å². The minimum absolute atomic E-state index is 0.0106. The summed E-state index contributed by atoms with van der Waals surface area (Å²) in [6.07, 6.45) is 2.58. The molecule has 0 unspecified atom stereocenters. The molecule has 0 spiro atoms. The van der Waals surface area contributed by atoms with Gasteiger partial charge < -0.3 is 10.2 Å². The number of para-hydroxylation sites is 2. The maximum Gasteiger partial charge on any atom is 0.354 e. The number of imidazole rings is 1. The van der Waals surface area contributed by atoms with Crippen LogP contribution in [0.3, 0.4) is 0 Å². The lowest BCUT2D eigenvalue weighted by Crippen LogP contribution is -2.05. The van der Waals surface area contributed by atoms with Gasteiger partial charge in [-0.15, -0.1) is 0 Å². The van der Waals surface area contributed by atoms with Crippen molar-refractivity contribution in [2.45, 2.75) is 0 Å². The zero-order chi connectivity index (χ0) is 10.8. The Labute approximate surface area is 85.2 Å². The van der Waals surface area contributed by atoms with E-state index in [4.69, 9.17) is 5.11 Å². The van der Waals surface area contributed by atoms with E-state index >= 15 is 0 Å². The van der Waals surface area contributed by atoms with E-state index in [1.807, 2.05) is 0 Å². The zero-order valence-corrected chi connectivity index (χ0v) is 7.66. The quantitative estimate of drug-likeness (QED) is 0.772. The largest absolute Gasteiger partial charge is 0.506 e. The first-order valence-corrected chi connectivity index (χ1v) is 4.24. The lowest BCUT2D eigenvalue weighted by atomic mass is 10.3. The van der Waals surface area contributed by atoms with Crippen molar-refractivity contribution in [3.8, 4) is 11.4 Å². The SMILES string of the molecule is O=C(O)c1cncn1-c1ccccc1O. The topological polar surface area (TPSA) is 75.3 Å². The summed E-state index contributed by atoms with van der Waals surface area (Å²) in [7, 11) is 0. The van der Waals surface area contributed by atoms with E-state index in [-0.39, 0.29) is 11.4 Å². The predicted molar refractivity (Wildman–Crippen MR) is 52.2 cm³/mol. The van der Waals surface area contributed by atoms with Crippen LogP contribution in [-0.4, -0.2) is 25.7 Å². The highest BCUT2D eigenvalue weighted by Crippen LogP contribution is 2.21. The van der Waals surface area contributed by atoms with Gasteiger partial charge in [0.2, 0.25) is 0 Å². The molecule has 0 atom stereocenters. The Kier molecular flexibility index (Phi) is 2.13. The number of hydrogen-bond acceptors (Lipinski definition) is 3. The summed E-state index contributed by atoms with van der Waals surface area (Å²) in [4.78, 5) is 14.6. The van der Waals surface area contributed by atoms with Crippen LogP contribution in [0.15, 0.2) is 36.8 Å². The van der Waals surface area contributed by atoms with Crippen LogP contribution in [0.1, 0.15) is 10.5 Å². The van der Waals surface area contributed by atoms with Crippen LogP contribution in [0.4, 0.5) is 0 Å². The van der Waals surface area contributed by atoms with Gasteiger partial charge in [-0.25, -0.2) is 9.78 Å². The van der Waals surface area contributed by atoms with Crippen molar-refractivity contribution in [2.75, 3.05) is 0 Å². The number of phenolic OH excluding ortho intramolecular Hbond substituents is 1. The Morgan fingerprint density at radius 1 is 1.33 bits per heavy atom. The maximum atomic E-state index is 10.8. The fraction of sp³-hybridized carbons (Fsp3) is 0. The molecule has 0 saturated heterocycles. The molecule has 15 heavy (non-hydrogen) atoms. The van der Waals surface area contributed by atoms with Gasteiger partial charge in [-0.05, 0) is 12.1 Å². The molecule has 2 rings (SSSR count). The van der Waals surface area contributed by atoms with Gasteiger partial charge in [-0.2, -0.15) is 0 Å². The van der Waals surface area contributed by atoms with Gasteiger partial charge in [0.1, 0.15) is 5.75 Å². The number of aromatic nitrogens is 2. The third-order valence-electron chi connectivity index (χ3n) is 2.00. The second-order valence-electron chi connectivity index (χ2n) is 2.94. The molecule has 0 saturated carbocycles. The summed E-state index contributed by atoms with van der Waals surface area (Å²) in [6.45, 7) is 0. The first-order valence-electron chi connectivity index (χ1n) is 4.24. The molecular formula is C10H8N2O3. The van der Waals surface area contributed by atoms with Crippen LogP contribution >= 0.6 is 0 Å². The molecule has 0 amide bonds. The van der Waals surface area contributed by atoms with Gasteiger partial charge in [0, 0.05) is 0 Å². The molecule has 0 aliphatic carbocycles. The summed E-state index contributed by atoms with van der Waals surface area (Å²) < 4.78 is 1.32. The number of phenols is 1. The molecule has 2 N–H and O–H groups in total. The average Bonchev–Trinajstić information content (AvgIpc) is 2.67. The summed E-state index contributed by atoms with van der Waals surface area (Å²) >= 11 is 0. The normalized spacial score (nSPS) is 10.1. The Balaban J connectivity index is 2.59. The van der Waals surface area contributed by atoms with E-state index in [1.165, 1.54) is 23.2 Å². The second-order valence-corrected chi connectivity index (χ2v) is 2.94. The third-order valence-corrected chi connectivity index (χ3v) is 2.00. The van der Waals surface area contributed by atoms with Crippen molar-refractivity contribution in [3.63, 3.8) is 0 Å². The molecule has 0 fully saturated rings. The highest BCUT2D eigenvalue weighted by molar-refractivity contribution is 5.86. The summed E-state index contributed by atoms with van der Waals surface area (Å²) in [5.41, 5.74) is 0.406. The number of aromatic carboxylic acids is 1. The first kappa shape index (κ1) is 9.26. The monoisotopic (exact) mass is 204 g/mol. The fourth-order valence-electron chi connectivity index (χ4n) is 1.31. The number of nitrogens with zero attached hydrogens (tertiary/aromatic N) is 2. The molecular weight excluding hydrogens is 196 g/mol. The predicted octanol–water partition coefficient (Wildman–Crippen LogP) is 1.28. The molecule has 0 radical (unpaired) electrons. The number of rotatable bonds is 2. The van der Waals surface area contributed by atoms with Crippen LogP contribution in [-0.2, 0) is 0 Å². The van der Waals surface area contributed by atoms with Crippen molar-refractivity contribution >= 4 is 5.97 Å². The standard InChI is InChI=1S/C10H8N2O3/c13-9-4-2-1-3-7(9)12-6-11-5-8(12)10(14)15/h1-6,13H,(H,14,15). The molecule has 0 aliphatic rings. The van der Waals surface area contributed by atoms with Gasteiger partial charge in [0.05, 0.1) is 18.2 Å². The van der Waals surface area contributed by atoms with Crippen molar-refractivity contribution in [1.82, 2.24) is 9.55 Å². The van der Waals surface area contributed by atoms with Crippen molar-refractivity contribution in [1.29, 1.82) is 0 Å². The molecule has 5 nitrogen and oxygen atoms in total. The Morgan fingerprint density at radius 3 is 2.73 bits per heavy atom. The van der Waals surface area contributed by atoms with Crippen LogP contribution in [0.25, 0.3) is 5.69 Å². The van der Waals surface area contributed by atoms with Gasteiger partial charge >= 0.3 is 5.97 Å². The molecule has 76 valence electrons. The third kappa shape index (κ3) is 1.54. The van der Waals surface area contributed by atoms with Crippen LogP contribution < -0.4 is 0 Å². The summed E-state index contributed by atoms with van der Waals surface area (Å²) in [5, 5.41) is 18.4. The lowest BCUT2D eigenvalue weighted by molar-refractivity contribution is 0.0688. The van der Waals surface area contributed by atoms with Crippen molar-refractivity contribution in [3.05, 3.63) is 42.5 Å². The van der Waals surface area contributed by atoms with Crippen LogP contribution in [0.5, 0.6) is 5.75 Å². The fourth-order valence-corrected chi connectivity index (χ4v) is 1.31. The highest BCUT2D eigenvalue weighted by Gasteiger charge is 2.12. The number of aromatic hydroxyl groups is 1. The van der Waals surface area contributed by atoms with Gasteiger partial charge in [-0.3, -0.25) is 4.57 Å². The molecule has 0 aliphatic heterocycles. The smallest absolute Gasteiger partial charge is 0.354 e. The summed E-state index contributed by atoms with van der Waals surface area (Å²) in [5.74, 6) is -1.08. The molecule has 1 heterocycles. The second kappa shape index (κ2) is 3.45. The lowest BCUT2D eigenvalue weighted by Gasteiger charge is -2.06. The molecule has 1 aromatic carbocycles. The van der Waals surface area contributed by atoms with E-state index in [9.17, 15) is 9.90 Å². The van der Waals surface area contributed by atoms with Gasteiger partial charge in [0.25, 0.3) is 0 Å². The zero-order valence-electron chi connectivity index (χ0n) is 7.66. The Morgan fingerprint density at radius 2 is 2.07 bits per heavy atom. The minimum Gasteiger partial charge on any atom is -0.506 e. The van der Waals surface area contributed by atoms with E-state index in [1.54, 1.807) is 18.2 Å². The molecule has 5 heteroatoms.